The predicted octanol–water partition coefficient (Wildman–Crippen LogP) is 2.47. The first-order chi connectivity index (χ1) is 12.1. The first-order valence-electron chi connectivity index (χ1n) is 8.92. The van der Waals surface area contributed by atoms with Gasteiger partial charge in [0.2, 0.25) is 10.0 Å². The summed E-state index contributed by atoms with van der Waals surface area (Å²) in [6.07, 6.45) is 6.18. The number of sulfonamides is 1. The van der Waals surface area contributed by atoms with E-state index in [9.17, 15) is 8.42 Å². The minimum atomic E-state index is -3.41. The highest BCUT2D eigenvalue weighted by Crippen LogP contribution is 2.26. The number of anilines is 1. The topological polar surface area (TPSA) is 53.5 Å². The maximum atomic E-state index is 13.0. The Balaban J connectivity index is 1.50. The molecule has 0 bridgehead atoms. The number of benzene rings is 1. The lowest BCUT2D eigenvalue weighted by Gasteiger charge is -2.34. The molecule has 0 radical (unpaired) electrons. The summed E-state index contributed by atoms with van der Waals surface area (Å²) in [5, 5.41) is 0. The number of nitrogens with zero attached hydrogens (tertiary/aromatic N) is 3. The zero-order chi connectivity index (χ0) is 17.3. The highest BCUT2D eigenvalue weighted by molar-refractivity contribution is 7.89. The maximum absolute atomic E-state index is 13.0. The molecule has 6 heteroatoms. The third-order valence-electron chi connectivity index (χ3n) is 5.17. The van der Waals surface area contributed by atoms with Crippen LogP contribution in [0.4, 0.5) is 5.82 Å². The van der Waals surface area contributed by atoms with Gasteiger partial charge in [-0.2, -0.15) is 4.31 Å². The average Bonchev–Trinajstić information content (AvgIpc) is 2.68. The Labute approximate surface area is 149 Å². The van der Waals surface area contributed by atoms with Crippen molar-refractivity contribution in [1.82, 2.24) is 9.29 Å². The Morgan fingerprint density at radius 1 is 0.880 bits per heavy atom. The normalized spacial score (nSPS) is 18.8. The Bertz CT molecular complexity index is 844. The van der Waals surface area contributed by atoms with Crippen LogP contribution in [-0.4, -0.2) is 43.9 Å². The minimum Gasteiger partial charge on any atom is -0.354 e. The maximum Gasteiger partial charge on any atom is 0.243 e. The van der Waals surface area contributed by atoms with Crippen molar-refractivity contribution in [3.05, 3.63) is 53.7 Å². The molecule has 0 spiro atoms. The number of hydrogen-bond acceptors (Lipinski definition) is 4. The fourth-order valence-corrected chi connectivity index (χ4v) is 5.19. The van der Waals surface area contributed by atoms with Crippen LogP contribution in [0.5, 0.6) is 0 Å². The first-order valence-corrected chi connectivity index (χ1v) is 10.4. The van der Waals surface area contributed by atoms with Crippen molar-refractivity contribution < 1.29 is 8.42 Å². The SMILES string of the molecule is O=S(=O)(c1ccc2c(c1)CCCC2)N1CCN(c2ccccn2)CC1. The molecule has 1 aromatic carbocycles. The smallest absolute Gasteiger partial charge is 0.243 e. The first kappa shape index (κ1) is 16.5. The molecule has 1 saturated heterocycles. The molecule has 0 unspecified atom stereocenters. The van der Waals surface area contributed by atoms with Gasteiger partial charge in [-0.15, -0.1) is 0 Å². The molecule has 1 aromatic heterocycles. The molecule has 1 aliphatic heterocycles. The standard InChI is InChI=1S/C19H23N3O2S/c23-25(24,18-9-8-16-5-1-2-6-17(16)15-18)22-13-11-21(12-14-22)19-7-3-4-10-20-19/h3-4,7-10,15H,1-2,5-6,11-14H2. The number of pyridine rings is 1. The lowest BCUT2D eigenvalue weighted by molar-refractivity contribution is 0.383. The van der Waals surface area contributed by atoms with E-state index in [4.69, 9.17) is 0 Å². The second kappa shape index (κ2) is 6.77. The molecule has 2 aliphatic rings. The van der Waals surface area contributed by atoms with Gasteiger partial charge < -0.3 is 4.90 Å². The molecule has 25 heavy (non-hydrogen) atoms. The summed E-state index contributed by atoms with van der Waals surface area (Å²) in [5.41, 5.74) is 2.52. The van der Waals surface area contributed by atoms with E-state index in [0.717, 1.165) is 25.1 Å². The largest absolute Gasteiger partial charge is 0.354 e. The van der Waals surface area contributed by atoms with E-state index in [2.05, 4.69) is 9.88 Å². The van der Waals surface area contributed by atoms with Crippen LogP contribution in [0.3, 0.4) is 0 Å². The molecule has 5 nitrogen and oxygen atoms in total. The Kier molecular flexibility index (Phi) is 4.48. The van der Waals surface area contributed by atoms with E-state index >= 15 is 0 Å². The third-order valence-corrected chi connectivity index (χ3v) is 7.06. The summed E-state index contributed by atoms with van der Waals surface area (Å²) in [5.74, 6) is 0.910. The minimum absolute atomic E-state index is 0.444. The summed E-state index contributed by atoms with van der Waals surface area (Å²) in [6, 6.07) is 11.5. The molecule has 1 fully saturated rings. The monoisotopic (exact) mass is 357 g/mol. The van der Waals surface area contributed by atoms with Crippen LogP contribution >= 0.6 is 0 Å². The van der Waals surface area contributed by atoms with Gasteiger partial charge in [0.15, 0.2) is 0 Å². The van der Waals surface area contributed by atoms with Crippen molar-refractivity contribution in [2.45, 2.75) is 30.6 Å². The second-order valence-electron chi connectivity index (χ2n) is 6.72. The molecule has 0 saturated carbocycles. The fraction of sp³-hybridized carbons (Fsp3) is 0.421. The number of aryl methyl sites for hydroxylation is 2. The van der Waals surface area contributed by atoms with Crippen LogP contribution in [0.15, 0.2) is 47.5 Å². The summed E-state index contributed by atoms with van der Waals surface area (Å²) >= 11 is 0. The molecule has 0 amide bonds. The van der Waals surface area contributed by atoms with E-state index < -0.39 is 10.0 Å². The summed E-state index contributed by atoms with van der Waals surface area (Å²) in [7, 11) is -3.41. The molecule has 1 aliphatic carbocycles. The van der Waals surface area contributed by atoms with E-state index in [1.165, 1.54) is 17.5 Å². The number of fused-ring (bicyclic) bond motifs is 1. The fourth-order valence-electron chi connectivity index (χ4n) is 3.72. The van der Waals surface area contributed by atoms with E-state index in [0.29, 0.717) is 31.1 Å². The van der Waals surface area contributed by atoms with Gasteiger partial charge in [0.1, 0.15) is 5.82 Å². The third kappa shape index (κ3) is 3.28. The van der Waals surface area contributed by atoms with Gasteiger partial charge in [-0.25, -0.2) is 13.4 Å². The highest BCUT2D eigenvalue weighted by atomic mass is 32.2. The molecule has 4 rings (SSSR count). The number of piperazine rings is 1. The van der Waals surface area contributed by atoms with Crippen LogP contribution in [0.2, 0.25) is 0 Å². The van der Waals surface area contributed by atoms with E-state index in [-0.39, 0.29) is 0 Å². The summed E-state index contributed by atoms with van der Waals surface area (Å²) in [6.45, 7) is 2.33. The zero-order valence-electron chi connectivity index (χ0n) is 14.3. The highest BCUT2D eigenvalue weighted by Gasteiger charge is 2.29. The Morgan fingerprint density at radius 2 is 1.64 bits per heavy atom. The Hall–Kier alpha value is -1.92. The van der Waals surface area contributed by atoms with Crippen molar-refractivity contribution in [3.63, 3.8) is 0 Å². The van der Waals surface area contributed by atoms with Gasteiger partial charge in [-0.3, -0.25) is 0 Å². The zero-order valence-corrected chi connectivity index (χ0v) is 15.1. The van der Waals surface area contributed by atoms with Gasteiger partial charge in [-0.1, -0.05) is 12.1 Å². The van der Waals surface area contributed by atoms with Crippen LogP contribution < -0.4 is 4.90 Å². The van der Waals surface area contributed by atoms with Crippen molar-refractivity contribution >= 4 is 15.8 Å². The molecular weight excluding hydrogens is 334 g/mol. The molecule has 0 N–H and O–H groups in total. The van der Waals surface area contributed by atoms with E-state index in [1.54, 1.807) is 16.6 Å². The molecule has 2 aromatic rings. The molecule has 132 valence electrons. The van der Waals surface area contributed by atoms with Crippen LogP contribution in [0.25, 0.3) is 0 Å². The van der Waals surface area contributed by atoms with Gasteiger partial charge in [-0.05, 0) is 61.1 Å². The lowest BCUT2D eigenvalue weighted by atomic mass is 9.92. The van der Waals surface area contributed by atoms with Gasteiger partial charge in [0.05, 0.1) is 4.90 Å². The van der Waals surface area contributed by atoms with Crippen molar-refractivity contribution in [2.24, 2.45) is 0 Å². The van der Waals surface area contributed by atoms with Gasteiger partial charge in [0.25, 0.3) is 0 Å². The second-order valence-corrected chi connectivity index (χ2v) is 8.65. The average molecular weight is 357 g/mol. The number of rotatable bonds is 3. The summed E-state index contributed by atoms with van der Waals surface area (Å²) < 4.78 is 27.6. The van der Waals surface area contributed by atoms with E-state index in [1.807, 2.05) is 30.3 Å². The Morgan fingerprint density at radius 3 is 2.36 bits per heavy atom. The quantitative estimate of drug-likeness (QED) is 0.847. The molecular formula is C19H23N3O2S. The lowest BCUT2D eigenvalue weighted by Crippen LogP contribution is -2.48. The van der Waals surface area contributed by atoms with Crippen molar-refractivity contribution in [3.8, 4) is 0 Å². The number of hydrogen-bond donors (Lipinski definition) is 0. The van der Waals surface area contributed by atoms with Crippen molar-refractivity contribution in [2.75, 3.05) is 31.1 Å². The molecule has 2 heterocycles. The van der Waals surface area contributed by atoms with Crippen LogP contribution in [0, 0.1) is 0 Å². The van der Waals surface area contributed by atoms with Crippen molar-refractivity contribution in [1.29, 1.82) is 0 Å². The van der Waals surface area contributed by atoms with Gasteiger partial charge >= 0.3 is 0 Å². The predicted molar refractivity (Wildman–Crippen MR) is 98.3 cm³/mol. The van der Waals surface area contributed by atoms with Crippen LogP contribution in [0.1, 0.15) is 24.0 Å². The van der Waals surface area contributed by atoms with Crippen LogP contribution in [-0.2, 0) is 22.9 Å². The molecule has 0 atom stereocenters. The van der Waals surface area contributed by atoms with Gasteiger partial charge in [0, 0.05) is 32.4 Å². The summed E-state index contributed by atoms with van der Waals surface area (Å²) in [4.78, 5) is 6.94. The number of aromatic nitrogens is 1.